The lowest BCUT2D eigenvalue weighted by Crippen LogP contribution is -2.33. The number of fused-ring (bicyclic) bond motifs is 1. The third-order valence-corrected chi connectivity index (χ3v) is 7.59. The quantitative estimate of drug-likeness (QED) is 0.287. The van der Waals surface area contributed by atoms with Crippen molar-refractivity contribution in [1.82, 2.24) is 19.9 Å². The molecule has 0 spiro atoms. The number of nitrogens with zero attached hydrogens (tertiary/aromatic N) is 5. The molecule has 1 aromatic carbocycles. The average Bonchev–Trinajstić information content (AvgIpc) is 3.73. The lowest BCUT2D eigenvalue weighted by Gasteiger charge is -2.31. The zero-order chi connectivity index (χ0) is 30.8. The number of pyridine rings is 1. The Kier molecular flexibility index (Phi) is 11.2. The minimum absolute atomic E-state index is 0.493. The number of carboxylic acid groups (broad SMARTS) is 2. The van der Waals surface area contributed by atoms with Crippen LogP contribution in [0.3, 0.4) is 0 Å². The zero-order valence-corrected chi connectivity index (χ0v) is 24.7. The summed E-state index contributed by atoms with van der Waals surface area (Å²) < 4.78 is 12.1. The van der Waals surface area contributed by atoms with Gasteiger partial charge in [-0.3, -0.25) is 4.90 Å². The van der Waals surface area contributed by atoms with Gasteiger partial charge in [0, 0.05) is 30.6 Å². The van der Waals surface area contributed by atoms with Gasteiger partial charge < -0.3 is 24.4 Å². The fraction of sp³-hybridized carbons (Fsp3) is 0.469. The number of nitriles is 1. The summed E-state index contributed by atoms with van der Waals surface area (Å²) in [5.41, 5.74) is 4.52. The molecule has 43 heavy (non-hydrogen) atoms. The maximum absolute atomic E-state index is 9.55. The van der Waals surface area contributed by atoms with Gasteiger partial charge in [0.1, 0.15) is 17.5 Å². The Labute approximate surface area is 251 Å². The van der Waals surface area contributed by atoms with Gasteiger partial charge in [0.15, 0.2) is 5.58 Å². The molecule has 0 atom stereocenters. The Hall–Kier alpha value is -4.27. The van der Waals surface area contributed by atoms with Crippen LogP contribution in [0, 0.1) is 23.2 Å². The highest BCUT2D eigenvalue weighted by atomic mass is 16.5. The van der Waals surface area contributed by atoms with Crippen molar-refractivity contribution in [2.45, 2.75) is 51.6 Å². The van der Waals surface area contributed by atoms with E-state index in [4.69, 9.17) is 24.7 Å². The fourth-order valence-electron chi connectivity index (χ4n) is 5.14. The number of rotatable bonds is 12. The number of aryl methyl sites for hydroxylation is 1. The van der Waals surface area contributed by atoms with E-state index < -0.39 is 11.9 Å². The van der Waals surface area contributed by atoms with Crippen LogP contribution in [0.5, 0.6) is 5.75 Å². The molecular weight excluding hydrogens is 550 g/mol. The van der Waals surface area contributed by atoms with Crippen molar-refractivity contribution in [3.05, 3.63) is 65.1 Å². The van der Waals surface area contributed by atoms with Crippen LogP contribution < -0.4 is 4.74 Å². The molecule has 1 saturated heterocycles. The molecule has 1 aliphatic carbocycles. The van der Waals surface area contributed by atoms with E-state index >= 15 is 0 Å². The molecule has 0 amide bonds. The Bertz CT molecular complexity index is 1450. The number of benzene rings is 1. The Balaban J connectivity index is 0.000000467. The van der Waals surface area contributed by atoms with Crippen molar-refractivity contribution in [3.63, 3.8) is 0 Å². The molecule has 3 heterocycles. The second kappa shape index (κ2) is 15.3. The first kappa shape index (κ1) is 31.7. The van der Waals surface area contributed by atoms with E-state index in [1.807, 2.05) is 12.1 Å². The smallest absolute Gasteiger partial charge is 0.328 e. The van der Waals surface area contributed by atoms with E-state index in [-0.39, 0.29) is 0 Å². The van der Waals surface area contributed by atoms with Crippen molar-refractivity contribution >= 4 is 22.9 Å². The summed E-state index contributed by atoms with van der Waals surface area (Å²) in [7, 11) is 4.15. The topological polar surface area (TPSA) is 153 Å². The first-order valence-corrected chi connectivity index (χ1v) is 14.6. The molecule has 0 unspecified atom stereocenters. The van der Waals surface area contributed by atoms with Gasteiger partial charge in [-0.25, -0.2) is 14.6 Å². The van der Waals surface area contributed by atoms with Gasteiger partial charge in [-0.05, 0) is 102 Å². The molecule has 5 rings (SSSR count). The second-order valence-electron chi connectivity index (χ2n) is 11.4. The lowest BCUT2D eigenvalue weighted by atomic mass is 9.91. The Morgan fingerprint density at radius 3 is 2.44 bits per heavy atom. The third-order valence-electron chi connectivity index (χ3n) is 7.59. The molecule has 0 radical (unpaired) electrons. The third kappa shape index (κ3) is 9.91. The van der Waals surface area contributed by atoms with Gasteiger partial charge in [-0.2, -0.15) is 5.26 Å². The summed E-state index contributed by atoms with van der Waals surface area (Å²) in [5, 5.41) is 30.3. The van der Waals surface area contributed by atoms with Crippen molar-refractivity contribution in [2.75, 3.05) is 33.8 Å². The molecule has 2 aliphatic rings. The van der Waals surface area contributed by atoms with Crippen LogP contribution in [0.15, 0.2) is 47.0 Å². The van der Waals surface area contributed by atoms with Gasteiger partial charge in [0.25, 0.3) is 0 Å². The largest absolute Gasteiger partial charge is 0.493 e. The number of ether oxygens (including phenoxy) is 1. The fourth-order valence-corrected chi connectivity index (χ4v) is 5.14. The lowest BCUT2D eigenvalue weighted by molar-refractivity contribution is -0.134. The number of piperidine rings is 1. The number of carbonyl (C=O) groups is 2. The normalized spacial score (nSPS) is 15.8. The first-order valence-electron chi connectivity index (χ1n) is 14.6. The van der Waals surface area contributed by atoms with E-state index in [1.165, 1.54) is 25.7 Å². The van der Waals surface area contributed by atoms with Gasteiger partial charge in [-0.15, -0.1) is 0 Å². The van der Waals surface area contributed by atoms with Crippen molar-refractivity contribution < 1.29 is 29.1 Å². The van der Waals surface area contributed by atoms with Crippen molar-refractivity contribution in [2.24, 2.45) is 11.8 Å². The van der Waals surface area contributed by atoms with Gasteiger partial charge in [0.05, 0.1) is 23.6 Å². The maximum atomic E-state index is 9.55. The van der Waals surface area contributed by atoms with E-state index in [9.17, 15) is 9.59 Å². The summed E-state index contributed by atoms with van der Waals surface area (Å²) in [6, 6.07) is 12.1. The predicted octanol–water partition coefficient (Wildman–Crippen LogP) is 4.50. The number of likely N-dealkylation sites (tertiary alicyclic amines) is 1. The summed E-state index contributed by atoms with van der Waals surface area (Å²) in [4.78, 5) is 28.1. The molecule has 0 bridgehead atoms. The minimum Gasteiger partial charge on any atom is -0.493 e. The molecule has 3 aromatic rings. The SMILES string of the molecule is CN(C)Cc1c(OCC2CC2)ccc2c(CCC3CCN(Cc4cccc(C#N)n4)CC3)noc12.O=C(O)/C=C/C(=O)O. The summed E-state index contributed by atoms with van der Waals surface area (Å²) in [6.07, 6.45) is 8.10. The van der Waals surface area contributed by atoms with E-state index in [0.29, 0.717) is 29.7 Å². The Morgan fingerprint density at radius 2 is 1.81 bits per heavy atom. The molecule has 1 aliphatic heterocycles. The highest BCUT2D eigenvalue weighted by Crippen LogP contribution is 2.35. The molecule has 11 heteroatoms. The average molecular weight is 590 g/mol. The van der Waals surface area contributed by atoms with E-state index in [1.54, 1.807) is 6.07 Å². The monoisotopic (exact) mass is 589 g/mol. The minimum atomic E-state index is -1.26. The number of aliphatic carboxylic acids is 2. The van der Waals surface area contributed by atoms with Crippen LogP contribution >= 0.6 is 0 Å². The van der Waals surface area contributed by atoms with Gasteiger partial charge >= 0.3 is 11.9 Å². The number of hydrogen-bond donors (Lipinski definition) is 2. The standard InChI is InChI=1S/C28H35N5O2.C4H4O4/c1-32(2)18-25-27(34-19-21-6-7-21)11-9-24-26(31-35-28(24)25)10-8-20-12-14-33(15-13-20)17-23-5-3-4-22(16-29)30-23;5-3(6)1-2-4(7)8/h3-5,9,11,20-21H,6-8,10,12-15,17-19H2,1-2H3;1-2H,(H,5,6)(H,7,8)/b;2-1+. The number of hydrogen-bond acceptors (Lipinski definition) is 9. The van der Waals surface area contributed by atoms with Crippen LogP contribution in [0.1, 0.15) is 54.7 Å². The molecule has 2 N–H and O–H groups in total. The molecule has 1 saturated carbocycles. The maximum Gasteiger partial charge on any atom is 0.328 e. The van der Waals surface area contributed by atoms with Crippen LogP contribution in [-0.4, -0.2) is 75.9 Å². The van der Waals surface area contributed by atoms with Crippen LogP contribution in [-0.2, 0) is 29.1 Å². The van der Waals surface area contributed by atoms with E-state index in [0.717, 1.165) is 79.3 Å². The molecular formula is C32H39N5O6. The van der Waals surface area contributed by atoms with Crippen LogP contribution in [0.25, 0.3) is 11.0 Å². The summed E-state index contributed by atoms with van der Waals surface area (Å²) >= 11 is 0. The molecule has 2 fully saturated rings. The van der Waals surface area contributed by atoms with Crippen molar-refractivity contribution in [1.29, 1.82) is 5.26 Å². The van der Waals surface area contributed by atoms with E-state index in [2.05, 4.69) is 52.2 Å². The van der Waals surface area contributed by atoms with Crippen molar-refractivity contribution in [3.8, 4) is 11.8 Å². The van der Waals surface area contributed by atoms with Crippen LogP contribution in [0.4, 0.5) is 0 Å². The highest BCUT2D eigenvalue weighted by Gasteiger charge is 2.25. The second-order valence-corrected chi connectivity index (χ2v) is 11.4. The molecule has 228 valence electrons. The molecule has 2 aromatic heterocycles. The highest BCUT2D eigenvalue weighted by molar-refractivity contribution is 5.89. The summed E-state index contributed by atoms with van der Waals surface area (Å²) in [6.45, 7) is 4.52. The van der Waals surface area contributed by atoms with Crippen LogP contribution in [0.2, 0.25) is 0 Å². The predicted molar refractivity (Wildman–Crippen MR) is 159 cm³/mol. The zero-order valence-electron chi connectivity index (χ0n) is 24.7. The van der Waals surface area contributed by atoms with Gasteiger partial charge in [-0.1, -0.05) is 11.2 Å². The number of carboxylic acids is 2. The summed E-state index contributed by atoms with van der Waals surface area (Å²) in [5.74, 6) is -0.171. The molecule has 11 nitrogen and oxygen atoms in total. The number of aromatic nitrogens is 2. The van der Waals surface area contributed by atoms with Gasteiger partial charge in [0.2, 0.25) is 0 Å². The first-order chi connectivity index (χ1) is 20.7. The Morgan fingerprint density at radius 1 is 1.09 bits per heavy atom.